The lowest BCUT2D eigenvalue weighted by atomic mass is 9.95. The van der Waals surface area contributed by atoms with Gasteiger partial charge in [-0.15, -0.1) is 0 Å². The fourth-order valence-electron chi connectivity index (χ4n) is 9.82. The molecular weight excluding hydrogens is 963 g/mol. The quantitative estimate of drug-likeness (QED) is 0.104. The van der Waals surface area contributed by atoms with E-state index in [0.29, 0.717) is 30.0 Å². The highest BCUT2D eigenvalue weighted by molar-refractivity contribution is 6.36. The third kappa shape index (κ3) is 10.3. The molecule has 9 rings (SSSR count). The monoisotopic (exact) mass is 1020 g/mol. The van der Waals surface area contributed by atoms with Crippen LogP contribution in [0.15, 0.2) is 79.0 Å². The summed E-state index contributed by atoms with van der Waals surface area (Å²) >= 11 is 7.19. The summed E-state index contributed by atoms with van der Waals surface area (Å²) in [5.74, 6) is 0.135. The van der Waals surface area contributed by atoms with Crippen molar-refractivity contribution < 1.29 is 50.4 Å². The summed E-state index contributed by atoms with van der Waals surface area (Å²) in [5, 5.41) is 2.19. The normalized spacial score (nSPS) is 18.3. The lowest BCUT2D eigenvalue weighted by molar-refractivity contribution is -0.137. The Morgan fingerprint density at radius 2 is 1.64 bits per heavy atom. The molecule has 0 bridgehead atoms. The van der Waals surface area contributed by atoms with E-state index in [1.54, 1.807) is 81.2 Å². The first-order chi connectivity index (χ1) is 34.3. The first kappa shape index (κ1) is 50.2. The van der Waals surface area contributed by atoms with Gasteiger partial charge in [-0.3, -0.25) is 10.2 Å². The minimum absolute atomic E-state index is 0.0358. The van der Waals surface area contributed by atoms with E-state index in [0.717, 1.165) is 23.6 Å². The Bertz CT molecular complexity index is 2910. The zero-order valence-corrected chi connectivity index (χ0v) is 41.3. The third-order valence-electron chi connectivity index (χ3n) is 13.2. The van der Waals surface area contributed by atoms with Crippen molar-refractivity contribution in [2.45, 2.75) is 89.6 Å². The van der Waals surface area contributed by atoms with Crippen molar-refractivity contribution in [3.63, 3.8) is 0 Å². The summed E-state index contributed by atoms with van der Waals surface area (Å²) in [6, 6.07) is 18.9. The van der Waals surface area contributed by atoms with E-state index < -0.39 is 68.8 Å². The summed E-state index contributed by atoms with van der Waals surface area (Å²) < 4.78 is 108. The second-order valence-corrected chi connectivity index (χ2v) is 19.5. The standard InChI is InChI=1S/C52H54ClF5N8O6/c1-30(36-9-7-21-59-46(36)62-49(67)72-50(2,3)4)66-23-24-70-45-40-44(61-48(63-47(40)66)71-29-51-20-8-22-65(51)28-33(54)25-51)42(55)39(41(45)53)43-37(52(56,57)58)18-19-38(60-43)64(26-31-10-14-34(68-5)15-11-31)27-32-12-16-35(69-6)17-13-32/h7,9-19,21,30,33H,8,20,22-29H2,1-6H3,(H,59,62,67)/t30-,33-,51+/m1/s1. The molecule has 6 heterocycles. The Balaban J connectivity index is 1.20. The fraction of sp³-hybridized carbons (Fsp3) is 0.404. The van der Waals surface area contributed by atoms with Gasteiger partial charge in [0.1, 0.15) is 59.5 Å². The second-order valence-electron chi connectivity index (χ2n) is 19.2. The van der Waals surface area contributed by atoms with Gasteiger partial charge in [0.2, 0.25) is 0 Å². The minimum Gasteiger partial charge on any atom is -0.497 e. The minimum atomic E-state index is -5.04. The molecule has 3 aromatic heterocycles. The number of rotatable bonds is 14. The zero-order chi connectivity index (χ0) is 51.1. The van der Waals surface area contributed by atoms with Gasteiger partial charge in [0, 0.05) is 37.8 Å². The number of carbonyl (C=O) groups is 1. The number of nitrogens with zero attached hydrogens (tertiary/aromatic N) is 7. The topological polar surface area (TPSA) is 137 Å². The number of ether oxygens (including phenoxy) is 5. The van der Waals surface area contributed by atoms with Gasteiger partial charge >= 0.3 is 18.3 Å². The summed E-state index contributed by atoms with van der Waals surface area (Å²) in [6.45, 7) is 8.19. The average molecular weight is 1020 g/mol. The van der Waals surface area contributed by atoms with Crippen LogP contribution in [0.2, 0.25) is 5.02 Å². The summed E-state index contributed by atoms with van der Waals surface area (Å²) in [4.78, 5) is 37.1. The van der Waals surface area contributed by atoms with Crippen molar-refractivity contribution in [2.24, 2.45) is 0 Å². The molecule has 6 aromatic rings. The number of carbonyl (C=O) groups excluding carboxylic acids is 1. The molecule has 20 heteroatoms. The number of benzene rings is 3. The van der Waals surface area contributed by atoms with Gasteiger partial charge in [-0.2, -0.15) is 23.1 Å². The number of aromatic nitrogens is 4. The maximum absolute atomic E-state index is 18.1. The van der Waals surface area contributed by atoms with Crippen LogP contribution in [-0.4, -0.2) is 95.3 Å². The molecular formula is C52H54ClF5N8O6. The molecule has 0 saturated carbocycles. The summed E-state index contributed by atoms with van der Waals surface area (Å²) in [5.41, 5.74) is -2.61. The van der Waals surface area contributed by atoms with Crippen LogP contribution in [0.25, 0.3) is 22.2 Å². The van der Waals surface area contributed by atoms with Crippen molar-refractivity contribution in [1.82, 2.24) is 24.8 Å². The smallest absolute Gasteiger partial charge is 0.418 e. The SMILES string of the molecule is COc1ccc(CN(Cc2ccc(OC)cc2)c2ccc(C(F)(F)F)c(-c3c(Cl)c4c5c(nc(OC[C@@]67CCCN6C[C@H](F)C7)nc5c3F)N([C@H](C)c3cccnc3NC(=O)OC(C)(C)C)CCO4)n2)cc1. The molecule has 0 aliphatic carbocycles. The van der Waals surface area contributed by atoms with E-state index >= 15 is 17.6 Å². The first-order valence-electron chi connectivity index (χ1n) is 23.5. The molecule has 3 aromatic carbocycles. The molecule has 72 heavy (non-hydrogen) atoms. The molecule has 0 spiro atoms. The molecule has 1 N–H and O–H groups in total. The van der Waals surface area contributed by atoms with Crippen molar-refractivity contribution in [1.29, 1.82) is 0 Å². The Morgan fingerprint density at radius 1 is 0.958 bits per heavy atom. The van der Waals surface area contributed by atoms with Gasteiger partial charge in [0.05, 0.1) is 59.6 Å². The number of fused-ring (bicyclic) bond motifs is 1. The van der Waals surface area contributed by atoms with E-state index in [-0.39, 0.29) is 80.4 Å². The number of methoxy groups -OCH3 is 2. The lowest BCUT2D eigenvalue weighted by Crippen LogP contribution is -2.43. The third-order valence-corrected chi connectivity index (χ3v) is 13.6. The van der Waals surface area contributed by atoms with Crippen LogP contribution in [0, 0.1) is 5.82 Å². The predicted molar refractivity (Wildman–Crippen MR) is 263 cm³/mol. The number of hydrogen-bond donors (Lipinski definition) is 1. The Hall–Kier alpha value is -6.73. The number of anilines is 3. The lowest BCUT2D eigenvalue weighted by Gasteiger charge is -2.32. The molecule has 3 aliphatic rings. The number of nitrogens with one attached hydrogen (secondary N) is 1. The molecule has 0 radical (unpaired) electrons. The average Bonchev–Trinajstić information content (AvgIpc) is 3.80. The molecule has 14 nitrogen and oxygen atoms in total. The summed E-state index contributed by atoms with van der Waals surface area (Å²) in [6.07, 6.45) is -3.68. The molecule has 2 saturated heterocycles. The number of alkyl halides is 4. The molecule has 3 aliphatic heterocycles. The highest BCUT2D eigenvalue weighted by atomic mass is 35.5. The van der Waals surface area contributed by atoms with Crippen LogP contribution in [-0.2, 0) is 24.0 Å². The van der Waals surface area contributed by atoms with Gasteiger partial charge in [0.25, 0.3) is 0 Å². The number of amides is 1. The number of pyridine rings is 2. The van der Waals surface area contributed by atoms with Crippen molar-refractivity contribution in [2.75, 3.05) is 62.2 Å². The van der Waals surface area contributed by atoms with Gasteiger partial charge in [-0.25, -0.2) is 23.5 Å². The van der Waals surface area contributed by atoms with Crippen LogP contribution in [0.3, 0.4) is 0 Å². The van der Waals surface area contributed by atoms with Gasteiger partial charge in [-0.1, -0.05) is 41.9 Å². The summed E-state index contributed by atoms with van der Waals surface area (Å²) in [7, 11) is 3.08. The van der Waals surface area contributed by atoms with Gasteiger partial charge in [0.15, 0.2) is 11.6 Å². The first-order valence-corrected chi connectivity index (χ1v) is 23.9. The van der Waals surface area contributed by atoms with E-state index in [1.165, 1.54) is 12.3 Å². The maximum atomic E-state index is 18.1. The molecule has 3 atom stereocenters. The Morgan fingerprint density at radius 3 is 2.28 bits per heavy atom. The van der Waals surface area contributed by atoms with Crippen LogP contribution >= 0.6 is 11.6 Å². The fourth-order valence-corrected chi connectivity index (χ4v) is 10.1. The molecule has 2 fully saturated rings. The predicted octanol–water partition coefficient (Wildman–Crippen LogP) is 11.4. The van der Waals surface area contributed by atoms with E-state index in [9.17, 15) is 9.18 Å². The van der Waals surface area contributed by atoms with Crippen LogP contribution in [0.1, 0.15) is 75.3 Å². The van der Waals surface area contributed by atoms with Crippen LogP contribution in [0.4, 0.5) is 44.2 Å². The molecule has 380 valence electrons. The van der Waals surface area contributed by atoms with Crippen molar-refractivity contribution in [3.8, 4) is 34.5 Å². The van der Waals surface area contributed by atoms with Crippen LogP contribution in [0.5, 0.6) is 23.3 Å². The van der Waals surface area contributed by atoms with Crippen molar-refractivity contribution in [3.05, 3.63) is 112 Å². The highest BCUT2D eigenvalue weighted by Crippen LogP contribution is 2.51. The van der Waals surface area contributed by atoms with Crippen LogP contribution < -0.4 is 34.1 Å². The largest absolute Gasteiger partial charge is 0.497 e. The zero-order valence-electron chi connectivity index (χ0n) is 40.6. The van der Waals surface area contributed by atoms with Gasteiger partial charge in [-0.05, 0) is 101 Å². The highest BCUT2D eigenvalue weighted by Gasteiger charge is 2.49. The van der Waals surface area contributed by atoms with E-state index in [4.69, 9.17) is 40.3 Å². The second kappa shape index (κ2) is 20.1. The van der Waals surface area contributed by atoms with Gasteiger partial charge < -0.3 is 33.5 Å². The Labute approximate surface area is 418 Å². The maximum Gasteiger partial charge on any atom is 0.418 e. The molecule has 1 amide bonds. The molecule has 0 unspecified atom stereocenters. The number of halogens is 6. The Kier molecular flexibility index (Phi) is 14.0. The number of hydrogen-bond acceptors (Lipinski definition) is 13. The van der Waals surface area contributed by atoms with E-state index in [2.05, 4.69) is 20.3 Å². The van der Waals surface area contributed by atoms with Crippen molar-refractivity contribution >= 4 is 46.1 Å². The van der Waals surface area contributed by atoms with E-state index in [1.807, 2.05) is 36.1 Å².